The average Bonchev–Trinajstić information content (AvgIpc) is 2.62. The van der Waals surface area contributed by atoms with Gasteiger partial charge in [0.2, 0.25) is 5.91 Å². The fourth-order valence-electron chi connectivity index (χ4n) is 2.99. The second kappa shape index (κ2) is 12.1. The van der Waals surface area contributed by atoms with Gasteiger partial charge in [0, 0.05) is 59.8 Å². The number of carbonyl (C=O) groups excluding carboxylic acids is 1. The van der Waals surface area contributed by atoms with Crippen molar-refractivity contribution in [2.24, 2.45) is 4.99 Å². The number of nitrogens with zero attached hydrogens (tertiary/aromatic N) is 4. The van der Waals surface area contributed by atoms with Gasteiger partial charge in [0.1, 0.15) is 0 Å². The minimum absolute atomic E-state index is 0. The van der Waals surface area contributed by atoms with E-state index in [0.717, 1.165) is 58.3 Å². The van der Waals surface area contributed by atoms with Gasteiger partial charge in [0.05, 0.1) is 6.54 Å². The number of guanidine groups is 1. The predicted molar refractivity (Wildman–Crippen MR) is 118 cm³/mol. The highest BCUT2D eigenvalue weighted by molar-refractivity contribution is 14.0. The molecule has 0 saturated carbocycles. The van der Waals surface area contributed by atoms with Crippen molar-refractivity contribution < 1.29 is 4.79 Å². The summed E-state index contributed by atoms with van der Waals surface area (Å²) in [6, 6.07) is 10.4. The Morgan fingerprint density at radius 1 is 1.19 bits per heavy atom. The molecule has 0 atom stereocenters. The maximum absolute atomic E-state index is 11.4. The van der Waals surface area contributed by atoms with Gasteiger partial charge in [-0.3, -0.25) is 14.7 Å². The van der Waals surface area contributed by atoms with Crippen LogP contribution in [0, 0.1) is 0 Å². The Morgan fingerprint density at radius 2 is 1.85 bits per heavy atom. The van der Waals surface area contributed by atoms with Gasteiger partial charge >= 0.3 is 0 Å². The number of benzene rings is 1. The molecule has 1 heterocycles. The van der Waals surface area contributed by atoms with Crippen LogP contribution in [0.15, 0.2) is 35.3 Å². The molecular weight excluding hydrogens is 441 g/mol. The number of hydrogen-bond acceptors (Lipinski definition) is 3. The Bertz CT molecular complexity index is 558. The van der Waals surface area contributed by atoms with Gasteiger partial charge in [-0.25, -0.2) is 0 Å². The van der Waals surface area contributed by atoms with Crippen molar-refractivity contribution in [1.82, 2.24) is 20.0 Å². The van der Waals surface area contributed by atoms with E-state index in [1.54, 1.807) is 6.92 Å². The zero-order chi connectivity index (χ0) is 18.1. The van der Waals surface area contributed by atoms with Gasteiger partial charge in [-0.05, 0) is 12.5 Å². The normalized spacial score (nSPS) is 15.3. The third kappa shape index (κ3) is 7.49. The average molecular weight is 473 g/mol. The van der Waals surface area contributed by atoms with Crippen molar-refractivity contribution in [2.45, 2.75) is 20.4 Å². The largest absolute Gasteiger partial charge is 0.357 e. The van der Waals surface area contributed by atoms with E-state index in [2.05, 4.69) is 53.4 Å². The molecule has 6 nitrogen and oxygen atoms in total. The summed E-state index contributed by atoms with van der Waals surface area (Å²) >= 11 is 0. The number of amides is 1. The number of piperazine rings is 1. The summed E-state index contributed by atoms with van der Waals surface area (Å²) in [5, 5.41) is 3.37. The SMILES string of the molecule is CCNC(=NCCN1CCN(C(C)=O)CC1)N(C)Cc1ccccc1.I. The lowest BCUT2D eigenvalue weighted by Crippen LogP contribution is -2.48. The van der Waals surface area contributed by atoms with Crippen molar-refractivity contribution in [2.75, 3.05) is 52.9 Å². The van der Waals surface area contributed by atoms with Gasteiger partial charge in [-0.15, -0.1) is 24.0 Å². The van der Waals surface area contributed by atoms with Crippen LogP contribution in [0.4, 0.5) is 0 Å². The van der Waals surface area contributed by atoms with Gasteiger partial charge in [0.15, 0.2) is 5.96 Å². The van der Waals surface area contributed by atoms with Gasteiger partial charge in [-0.1, -0.05) is 30.3 Å². The topological polar surface area (TPSA) is 51.2 Å². The molecule has 26 heavy (non-hydrogen) atoms. The van der Waals surface area contributed by atoms with Crippen molar-refractivity contribution in [3.63, 3.8) is 0 Å². The minimum atomic E-state index is 0. The Balaban J connectivity index is 0.00000338. The molecule has 1 aliphatic heterocycles. The van der Waals surface area contributed by atoms with Crippen molar-refractivity contribution in [3.05, 3.63) is 35.9 Å². The van der Waals surface area contributed by atoms with Crippen LogP contribution >= 0.6 is 24.0 Å². The highest BCUT2D eigenvalue weighted by Crippen LogP contribution is 2.04. The van der Waals surface area contributed by atoms with E-state index in [4.69, 9.17) is 4.99 Å². The molecule has 1 aliphatic rings. The van der Waals surface area contributed by atoms with Crippen molar-refractivity contribution >= 4 is 35.8 Å². The van der Waals surface area contributed by atoms with E-state index in [0.29, 0.717) is 0 Å². The second-order valence-electron chi connectivity index (χ2n) is 6.43. The molecule has 7 heteroatoms. The monoisotopic (exact) mass is 473 g/mol. The fraction of sp³-hybridized carbons (Fsp3) is 0.579. The summed E-state index contributed by atoms with van der Waals surface area (Å²) in [4.78, 5) is 22.6. The van der Waals surface area contributed by atoms with Crippen LogP contribution < -0.4 is 5.32 Å². The first-order valence-corrected chi connectivity index (χ1v) is 9.11. The lowest BCUT2D eigenvalue weighted by atomic mass is 10.2. The molecule has 0 aliphatic carbocycles. The van der Waals surface area contributed by atoms with Crippen LogP contribution in [0.5, 0.6) is 0 Å². The van der Waals surface area contributed by atoms with Crippen LogP contribution in [0.2, 0.25) is 0 Å². The number of aliphatic imine (C=N–C) groups is 1. The molecule has 0 radical (unpaired) electrons. The van der Waals surface area contributed by atoms with Gasteiger partial charge in [-0.2, -0.15) is 0 Å². The quantitative estimate of drug-likeness (QED) is 0.390. The Morgan fingerprint density at radius 3 is 2.42 bits per heavy atom. The summed E-state index contributed by atoms with van der Waals surface area (Å²) in [7, 11) is 2.07. The Hall–Kier alpha value is -1.35. The van der Waals surface area contributed by atoms with Gasteiger partial charge in [0.25, 0.3) is 0 Å². The highest BCUT2D eigenvalue weighted by atomic mass is 127. The van der Waals surface area contributed by atoms with Crippen LogP contribution in [0.25, 0.3) is 0 Å². The fourth-order valence-corrected chi connectivity index (χ4v) is 2.99. The van der Waals surface area contributed by atoms with E-state index in [-0.39, 0.29) is 29.9 Å². The molecule has 146 valence electrons. The Labute approximate surface area is 174 Å². The summed E-state index contributed by atoms with van der Waals surface area (Å²) < 4.78 is 0. The standard InChI is InChI=1S/C19H31N5O.HI/c1-4-20-19(22(3)16-18-8-6-5-7-9-18)21-10-11-23-12-14-24(15-13-23)17(2)25;/h5-9H,4,10-16H2,1-3H3,(H,20,21);1H. The molecular formula is C19H32IN5O. The zero-order valence-corrected chi connectivity index (χ0v) is 18.5. The summed E-state index contributed by atoms with van der Waals surface area (Å²) in [6.07, 6.45) is 0. The third-order valence-electron chi connectivity index (χ3n) is 4.45. The van der Waals surface area contributed by atoms with Crippen LogP contribution in [0.3, 0.4) is 0 Å². The first kappa shape index (κ1) is 22.7. The van der Waals surface area contributed by atoms with Crippen LogP contribution in [0.1, 0.15) is 19.4 Å². The lowest BCUT2D eigenvalue weighted by molar-refractivity contribution is -0.130. The van der Waals surface area contributed by atoms with E-state index in [1.807, 2.05) is 11.0 Å². The number of hydrogen-bond donors (Lipinski definition) is 1. The number of rotatable bonds is 6. The second-order valence-corrected chi connectivity index (χ2v) is 6.43. The zero-order valence-electron chi connectivity index (χ0n) is 16.1. The Kier molecular flexibility index (Phi) is 10.6. The maximum Gasteiger partial charge on any atom is 0.219 e. The van der Waals surface area contributed by atoms with Crippen LogP contribution in [-0.2, 0) is 11.3 Å². The molecule has 1 fully saturated rings. The molecule has 0 aromatic heterocycles. The van der Waals surface area contributed by atoms with Crippen molar-refractivity contribution in [3.8, 4) is 0 Å². The maximum atomic E-state index is 11.4. The third-order valence-corrected chi connectivity index (χ3v) is 4.45. The molecule has 1 saturated heterocycles. The molecule has 2 rings (SSSR count). The van der Waals surface area contributed by atoms with E-state index < -0.39 is 0 Å². The van der Waals surface area contributed by atoms with E-state index in [9.17, 15) is 4.79 Å². The predicted octanol–water partition coefficient (Wildman–Crippen LogP) is 1.87. The van der Waals surface area contributed by atoms with Crippen LogP contribution in [-0.4, -0.2) is 79.4 Å². The number of halogens is 1. The lowest BCUT2D eigenvalue weighted by Gasteiger charge is -2.33. The van der Waals surface area contributed by atoms with E-state index >= 15 is 0 Å². The van der Waals surface area contributed by atoms with Gasteiger partial charge < -0.3 is 15.1 Å². The van der Waals surface area contributed by atoms with Crippen molar-refractivity contribution in [1.29, 1.82) is 0 Å². The first-order valence-electron chi connectivity index (χ1n) is 9.11. The molecule has 1 aromatic rings. The molecule has 0 unspecified atom stereocenters. The summed E-state index contributed by atoms with van der Waals surface area (Å²) in [5.41, 5.74) is 1.27. The summed E-state index contributed by atoms with van der Waals surface area (Å²) in [6.45, 7) is 10.6. The molecule has 0 spiro atoms. The molecule has 1 N–H and O–H groups in total. The number of nitrogens with one attached hydrogen (secondary N) is 1. The number of carbonyl (C=O) groups is 1. The highest BCUT2D eigenvalue weighted by Gasteiger charge is 2.17. The molecule has 0 bridgehead atoms. The first-order chi connectivity index (χ1) is 12.1. The molecule has 1 amide bonds. The van der Waals surface area contributed by atoms with E-state index in [1.165, 1.54) is 5.56 Å². The summed E-state index contributed by atoms with van der Waals surface area (Å²) in [5.74, 6) is 1.11. The smallest absolute Gasteiger partial charge is 0.219 e. The minimum Gasteiger partial charge on any atom is -0.357 e. The molecule has 1 aromatic carbocycles.